The van der Waals surface area contributed by atoms with Gasteiger partial charge in [-0.25, -0.2) is 4.79 Å². The van der Waals surface area contributed by atoms with E-state index in [0.717, 1.165) is 0 Å². The molecule has 0 saturated carbocycles. The minimum atomic E-state index is -1.18. The fourth-order valence-electron chi connectivity index (χ4n) is 4.14. The van der Waals surface area contributed by atoms with E-state index in [1.165, 1.54) is 23.1 Å². The lowest BCUT2D eigenvalue weighted by molar-refractivity contribution is -0.137. The van der Waals surface area contributed by atoms with Crippen LogP contribution in [0.1, 0.15) is 16.1 Å². The standard InChI is InChI=1S/C27H22ClN9O5/c28-16-3-8-23(37-13-30-35-36-37)20(12-16)33-25(39)26(40)34-21(9-14-1-4-17(29)5-2-14)24(38)31-18-6-7-19-15(10-18)11-22(32-19)27(41)42/h1-8,10-13,21,32H,9,29H2,(H,31,38)(H,33,39)(H,34,40)(H,41,42). The van der Waals surface area contributed by atoms with Crippen molar-refractivity contribution in [1.29, 1.82) is 0 Å². The van der Waals surface area contributed by atoms with Gasteiger partial charge in [-0.2, -0.15) is 4.68 Å². The van der Waals surface area contributed by atoms with Crippen molar-refractivity contribution in [2.24, 2.45) is 0 Å². The maximum absolute atomic E-state index is 13.4. The van der Waals surface area contributed by atoms with Gasteiger partial charge in [-0.05, 0) is 70.6 Å². The summed E-state index contributed by atoms with van der Waals surface area (Å²) in [5.41, 5.74) is 8.40. The zero-order valence-electron chi connectivity index (χ0n) is 21.5. The van der Waals surface area contributed by atoms with E-state index < -0.39 is 29.7 Å². The highest BCUT2D eigenvalue weighted by molar-refractivity contribution is 6.40. The number of nitrogens with zero attached hydrogens (tertiary/aromatic N) is 4. The molecule has 3 amide bonds. The van der Waals surface area contributed by atoms with Crippen LogP contribution in [0.25, 0.3) is 16.6 Å². The van der Waals surface area contributed by atoms with Crippen LogP contribution >= 0.6 is 11.6 Å². The van der Waals surface area contributed by atoms with E-state index in [-0.39, 0.29) is 22.8 Å². The van der Waals surface area contributed by atoms with Crippen LogP contribution in [-0.4, -0.2) is 60.0 Å². The van der Waals surface area contributed by atoms with Gasteiger partial charge in [0, 0.05) is 33.7 Å². The van der Waals surface area contributed by atoms with Gasteiger partial charge in [0.1, 0.15) is 18.1 Å². The Balaban J connectivity index is 1.35. The molecular formula is C27H22ClN9O5. The number of carboxylic acid groups (broad SMARTS) is 1. The molecule has 42 heavy (non-hydrogen) atoms. The summed E-state index contributed by atoms with van der Waals surface area (Å²) < 4.78 is 1.28. The second-order valence-electron chi connectivity index (χ2n) is 9.12. The number of hydrogen-bond donors (Lipinski definition) is 6. The third-order valence-corrected chi connectivity index (χ3v) is 6.40. The van der Waals surface area contributed by atoms with Crippen LogP contribution in [0.2, 0.25) is 5.02 Å². The first kappa shape index (κ1) is 27.8. The normalized spacial score (nSPS) is 11.5. The van der Waals surface area contributed by atoms with Crippen molar-refractivity contribution in [1.82, 2.24) is 30.5 Å². The summed E-state index contributed by atoms with van der Waals surface area (Å²) >= 11 is 6.09. The molecule has 5 aromatic rings. The van der Waals surface area contributed by atoms with Gasteiger partial charge in [-0.1, -0.05) is 23.7 Å². The summed E-state index contributed by atoms with van der Waals surface area (Å²) in [6, 6.07) is 16.3. The zero-order chi connectivity index (χ0) is 29.8. The van der Waals surface area contributed by atoms with Crippen LogP contribution in [0.4, 0.5) is 17.1 Å². The molecule has 0 aliphatic heterocycles. The number of H-pyrrole nitrogens is 1. The van der Waals surface area contributed by atoms with E-state index in [2.05, 4.69) is 36.5 Å². The molecule has 1 unspecified atom stereocenters. The van der Waals surface area contributed by atoms with Gasteiger partial charge in [0.05, 0.1) is 11.4 Å². The van der Waals surface area contributed by atoms with E-state index in [1.807, 2.05) is 0 Å². The average Bonchev–Trinajstić information content (AvgIpc) is 3.64. The van der Waals surface area contributed by atoms with Gasteiger partial charge in [-0.15, -0.1) is 5.10 Å². The number of hydrogen-bond acceptors (Lipinski definition) is 8. The summed E-state index contributed by atoms with van der Waals surface area (Å²) in [4.78, 5) is 53.4. The molecule has 0 fully saturated rings. The van der Waals surface area contributed by atoms with Crippen LogP contribution < -0.4 is 21.7 Å². The summed E-state index contributed by atoms with van der Waals surface area (Å²) in [6.07, 6.45) is 1.34. The molecular weight excluding hydrogens is 566 g/mol. The number of nitrogens with one attached hydrogen (secondary N) is 4. The Morgan fingerprint density at radius 2 is 1.76 bits per heavy atom. The van der Waals surface area contributed by atoms with Gasteiger partial charge < -0.3 is 31.8 Å². The van der Waals surface area contributed by atoms with Crippen LogP contribution in [0.3, 0.4) is 0 Å². The monoisotopic (exact) mass is 587 g/mol. The first-order valence-electron chi connectivity index (χ1n) is 12.3. The van der Waals surface area contributed by atoms with Gasteiger partial charge in [-0.3, -0.25) is 14.4 Å². The van der Waals surface area contributed by atoms with Crippen LogP contribution in [-0.2, 0) is 20.8 Å². The molecule has 0 aliphatic rings. The Kier molecular flexibility index (Phi) is 7.79. The van der Waals surface area contributed by atoms with Crippen molar-refractivity contribution in [3.8, 4) is 5.69 Å². The Morgan fingerprint density at radius 3 is 2.48 bits per heavy atom. The fraction of sp³-hybridized carbons (Fsp3) is 0.0741. The van der Waals surface area contributed by atoms with E-state index in [9.17, 15) is 24.3 Å². The predicted molar refractivity (Wildman–Crippen MR) is 153 cm³/mol. The number of amides is 3. The summed E-state index contributed by atoms with van der Waals surface area (Å²) in [7, 11) is 0. The molecule has 7 N–H and O–H groups in total. The Labute approximate surface area is 241 Å². The molecule has 1 atom stereocenters. The lowest BCUT2D eigenvalue weighted by atomic mass is 10.0. The number of nitrogen functional groups attached to an aromatic ring is 1. The number of halogens is 1. The van der Waals surface area contributed by atoms with Gasteiger partial charge >= 0.3 is 17.8 Å². The maximum atomic E-state index is 13.4. The number of aromatic amines is 1. The highest BCUT2D eigenvalue weighted by Crippen LogP contribution is 2.24. The maximum Gasteiger partial charge on any atom is 0.352 e. The number of tetrazole rings is 1. The molecule has 2 heterocycles. The number of benzene rings is 3. The molecule has 15 heteroatoms. The molecule has 0 spiro atoms. The number of aromatic carboxylic acids is 1. The molecule has 0 bridgehead atoms. The molecule has 212 valence electrons. The van der Waals surface area contributed by atoms with Crippen LogP contribution in [0, 0.1) is 0 Å². The lowest BCUT2D eigenvalue weighted by Crippen LogP contribution is -2.49. The van der Waals surface area contributed by atoms with Gasteiger partial charge in [0.15, 0.2) is 0 Å². The first-order chi connectivity index (χ1) is 20.2. The minimum Gasteiger partial charge on any atom is -0.477 e. The smallest absolute Gasteiger partial charge is 0.352 e. The minimum absolute atomic E-state index is 0.00377. The number of carbonyl (C=O) groups excluding carboxylic acids is 3. The topological polar surface area (TPSA) is 210 Å². The van der Waals surface area contributed by atoms with Crippen molar-refractivity contribution < 1.29 is 24.3 Å². The molecule has 14 nitrogen and oxygen atoms in total. The SMILES string of the molecule is Nc1ccc(CC(NC(=O)C(=O)Nc2cc(Cl)ccc2-n2cnnn2)C(=O)Nc2ccc3[nH]c(C(=O)O)cc3c2)cc1. The molecule has 3 aromatic carbocycles. The van der Waals surface area contributed by atoms with Crippen LogP contribution in [0.5, 0.6) is 0 Å². The van der Waals surface area contributed by atoms with E-state index in [4.69, 9.17) is 17.3 Å². The Morgan fingerprint density at radius 1 is 0.976 bits per heavy atom. The van der Waals surface area contributed by atoms with Crippen molar-refractivity contribution in [3.05, 3.63) is 89.3 Å². The second-order valence-corrected chi connectivity index (χ2v) is 9.56. The van der Waals surface area contributed by atoms with Crippen molar-refractivity contribution >= 4 is 63.3 Å². The van der Waals surface area contributed by atoms with Crippen molar-refractivity contribution in [2.75, 3.05) is 16.4 Å². The van der Waals surface area contributed by atoms with Crippen LogP contribution in [0.15, 0.2) is 73.1 Å². The molecule has 0 aliphatic carbocycles. The number of fused-ring (bicyclic) bond motifs is 1. The zero-order valence-corrected chi connectivity index (χ0v) is 22.3. The summed E-state index contributed by atoms with van der Waals surface area (Å²) in [5.74, 6) is -3.88. The highest BCUT2D eigenvalue weighted by atomic mass is 35.5. The second kappa shape index (κ2) is 11.8. The van der Waals surface area contributed by atoms with E-state index >= 15 is 0 Å². The quantitative estimate of drug-likeness (QED) is 0.116. The number of aromatic nitrogens is 5. The van der Waals surface area contributed by atoms with Gasteiger partial charge in [0.25, 0.3) is 0 Å². The van der Waals surface area contributed by atoms with Gasteiger partial charge in [0.2, 0.25) is 5.91 Å². The predicted octanol–water partition coefficient (Wildman–Crippen LogP) is 2.38. The lowest BCUT2D eigenvalue weighted by Gasteiger charge is -2.19. The number of nitrogens with two attached hydrogens (primary N) is 1. The van der Waals surface area contributed by atoms with E-state index in [1.54, 1.807) is 54.6 Å². The fourth-order valence-corrected chi connectivity index (χ4v) is 4.31. The van der Waals surface area contributed by atoms with E-state index in [0.29, 0.717) is 33.5 Å². The summed E-state index contributed by atoms with van der Waals surface area (Å²) in [6.45, 7) is 0. The molecule has 0 radical (unpaired) electrons. The largest absolute Gasteiger partial charge is 0.477 e. The number of rotatable bonds is 8. The number of carboxylic acids is 1. The molecule has 2 aromatic heterocycles. The number of anilines is 3. The Hall–Kier alpha value is -5.76. The van der Waals surface area contributed by atoms with Crippen molar-refractivity contribution in [2.45, 2.75) is 12.5 Å². The third kappa shape index (κ3) is 6.34. The first-order valence-corrected chi connectivity index (χ1v) is 12.7. The number of carbonyl (C=O) groups is 4. The van der Waals surface area contributed by atoms with Crippen molar-refractivity contribution in [3.63, 3.8) is 0 Å². The average molecular weight is 588 g/mol. The molecule has 0 saturated heterocycles. The Bertz CT molecular complexity index is 1800. The molecule has 5 rings (SSSR count). The highest BCUT2D eigenvalue weighted by Gasteiger charge is 2.26. The summed E-state index contributed by atoms with van der Waals surface area (Å²) in [5, 5.41) is 28.7. The third-order valence-electron chi connectivity index (χ3n) is 6.17.